The minimum atomic E-state index is -0.381. The molecule has 2 amide bonds. The SMILES string of the molecule is Cc1ccc(C(=O)N2CCCC(c3nnc(C(=O)Nc4ccc(F)cc4)s3)C2)cc1. The fourth-order valence-corrected chi connectivity index (χ4v) is 4.32. The molecule has 1 unspecified atom stereocenters. The van der Waals surface area contributed by atoms with E-state index >= 15 is 0 Å². The largest absolute Gasteiger partial charge is 0.338 e. The minimum Gasteiger partial charge on any atom is -0.338 e. The van der Waals surface area contributed by atoms with Crippen LogP contribution in [0, 0.1) is 12.7 Å². The van der Waals surface area contributed by atoms with Crippen molar-refractivity contribution >= 4 is 28.8 Å². The Morgan fingerprint density at radius 2 is 1.83 bits per heavy atom. The van der Waals surface area contributed by atoms with E-state index in [1.165, 1.54) is 35.6 Å². The molecule has 0 radical (unpaired) electrons. The van der Waals surface area contributed by atoms with Crippen LogP contribution in [0.3, 0.4) is 0 Å². The Hall–Kier alpha value is -3.13. The summed E-state index contributed by atoms with van der Waals surface area (Å²) in [6, 6.07) is 13.1. The second kappa shape index (κ2) is 8.71. The smallest absolute Gasteiger partial charge is 0.286 e. The number of hydrogen-bond acceptors (Lipinski definition) is 5. The van der Waals surface area contributed by atoms with Crippen LogP contribution < -0.4 is 5.32 Å². The van der Waals surface area contributed by atoms with Gasteiger partial charge in [0.1, 0.15) is 10.8 Å². The molecular weight excluding hydrogens is 403 g/mol. The molecule has 3 aromatic rings. The fourth-order valence-electron chi connectivity index (χ4n) is 3.45. The Balaban J connectivity index is 1.42. The highest BCUT2D eigenvalue weighted by atomic mass is 32.1. The van der Waals surface area contributed by atoms with Crippen molar-refractivity contribution in [1.82, 2.24) is 15.1 Å². The van der Waals surface area contributed by atoms with Gasteiger partial charge in [0.2, 0.25) is 5.01 Å². The molecule has 1 aliphatic rings. The maximum Gasteiger partial charge on any atom is 0.286 e. The van der Waals surface area contributed by atoms with Crippen LogP contribution in [-0.4, -0.2) is 40.0 Å². The van der Waals surface area contributed by atoms with Crippen LogP contribution in [0.25, 0.3) is 0 Å². The first-order valence-electron chi connectivity index (χ1n) is 9.76. The third-order valence-corrected chi connectivity index (χ3v) is 6.18. The van der Waals surface area contributed by atoms with Gasteiger partial charge >= 0.3 is 0 Å². The molecule has 1 aromatic heterocycles. The number of carbonyl (C=O) groups excluding carboxylic acids is 2. The molecule has 1 aliphatic heterocycles. The molecule has 2 aromatic carbocycles. The highest BCUT2D eigenvalue weighted by Gasteiger charge is 2.28. The predicted molar refractivity (Wildman–Crippen MR) is 113 cm³/mol. The van der Waals surface area contributed by atoms with Gasteiger partial charge in [-0.3, -0.25) is 9.59 Å². The van der Waals surface area contributed by atoms with Crippen LogP contribution >= 0.6 is 11.3 Å². The lowest BCUT2D eigenvalue weighted by molar-refractivity contribution is 0.0706. The van der Waals surface area contributed by atoms with Gasteiger partial charge in [-0.05, 0) is 56.2 Å². The second-order valence-electron chi connectivity index (χ2n) is 7.36. The Labute approximate surface area is 177 Å². The molecule has 0 saturated carbocycles. The number of piperidine rings is 1. The van der Waals surface area contributed by atoms with Crippen molar-refractivity contribution in [3.05, 3.63) is 75.5 Å². The number of likely N-dealkylation sites (tertiary alicyclic amines) is 1. The average molecular weight is 425 g/mol. The summed E-state index contributed by atoms with van der Waals surface area (Å²) in [5.74, 6) is -0.682. The Bertz CT molecular complexity index is 1050. The van der Waals surface area contributed by atoms with Gasteiger partial charge in [-0.15, -0.1) is 10.2 Å². The first kappa shape index (κ1) is 20.2. The van der Waals surface area contributed by atoms with E-state index in [0.29, 0.717) is 24.3 Å². The summed E-state index contributed by atoms with van der Waals surface area (Å²) < 4.78 is 13.0. The number of nitrogens with one attached hydrogen (secondary N) is 1. The molecule has 30 heavy (non-hydrogen) atoms. The number of aromatic nitrogens is 2. The van der Waals surface area contributed by atoms with Gasteiger partial charge in [0, 0.05) is 30.3 Å². The Morgan fingerprint density at radius 3 is 2.57 bits per heavy atom. The van der Waals surface area contributed by atoms with Gasteiger partial charge in [-0.1, -0.05) is 29.0 Å². The van der Waals surface area contributed by atoms with Crippen LogP contribution in [0.1, 0.15) is 49.5 Å². The number of hydrogen-bond donors (Lipinski definition) is 1. The van der Waals surface area contributed by atoms with E-state index < -0.39 is 0 Å². The van der Waals surface area contributed by atoms with Crippen molar-refractivity contribution < 1.29 is 14.0 Å². The maximum atomic E-state index is 13.0. The van der Waals surface area contributed by atoms with Crippen LogP contribution in [-0.2, 0) is 0 Å². The molecule has 1 atom stereocenters. The number of anilines is 1. The van der Waals surface area contributed by atoms with Crippen molar-refractivity contribution in [2.24, 2.45) is 0 Å². The summed E-state index contributed by atoms with van der Waals surface area (Å²) in [6.07, 6.45) is 1.77. The standard InChI is InChI=1S/C22H21FN4O2S/c1-14-4-6-15(7-5-14)22(29)27-12-2-3-16(13-27)20-25-26-21(30-20)19(28)24-18-10-8-17(23)9-11-18/h4-11,16H,2-3,12-13H2,1H3,(H,24,28). The van der Waals surface area contributed by atoms with Crippen molar-refractivity contribution in [3.63, 3.8) is 0 Å². The molecule has 1 N–H and O–H groups in total. The maximum absolute atomic E-state index is 13.0. The summed E-state index contributed by atoms with van der Waals surface area (Å²) in [4.78, 5) is 27.1. The van der Waals surface area contributed by atoms with Crippen LogP contribution in [0.15, 0.2) is 48.5 Å². The number of aryl methyl sites for hydroxylation is 1. The number of halogens is 1. The van der Waals surface area contributed by atoms with Gasteiger partial charge in [-0.2, -0.15) is 0 Å². The lowest BCUT2D eigenvalue weighted by atomic mass is 9.98. The summed E-state index contributed by atoms with van der Waals surface area (Å²) in [7, 11) is 0. The third kappa shape index (κ3) is 4.54. The lowest BCUT2D eigenvalue weighted by Gasteiger charge is -2.31. The van der Waals surface area contributed by atoms with E-state index in [1.807, 2.05) is 36.1 Å². The number of rotatable bonds is 4. The molecule has 2 heterocycles. The fraction of sp³-hybridized carbons (Fsp3) is 0.273. The first-order valence-corrected chi connectivity index (χ1v) is 10.6. The van der Waals surface area contributed by atoms with Crippen LogP contribution in [0.2, 0.25) is 0 Å². The van der Waals surface area contributed by atoms with E-state index in [9.17, 15) is 14.0 Å². The number of amides is 2. The molecule has 154 valence electrons. The zero-order chi connectivity index (χ0) is 21.1. The number of nitrogens with zero attached hydrogens (tertiary/aromatic N) is 3. The number of benzene rings is 2. The van der Waals surface area contributed by atoms with Crippen LogP contribution in [0.4, 0.5) is 10.1 Å². The molecule has 0 aliphatic carbocycles. The summed E-state index contributed by atoms with van der Waals surface area (Å²) >= 11 is 1.24. The molecule has 1 fully saturated rings. The summed E-state index contributed by atoms with van der Waals surface area (Å²) in [6.45, 7) is 3.26. The van der Waals surface area contributed by atoms with Gasteiger partial charge in [-0.25, -0.2) is 4.39 Å². The van der Waals surface area contributed by atoms with Crippen molar-refractivity contribution in [2.75, 3.05) is 18.4 Å². The summed E-state index contributed by atoms with van der Waals surface area (Å²) in [5.41, 5.74) is 2.28. The van der Waals surface area contributed by atoms with Crippen molar-refractivity contribution in [1.29, 1.82) is 0 Å². The second-order valence-corrected chi connectivity index (χ2v) is 8.37. The molecule has 0 spiro atoms. The van der Waals surface area contributed by atoms with E-state index in [1.54, 1.807) is 0 Å². The van der Waals surface area contributed by atoms with E-state index in [0.717, 1.165) is 23.4 Å². The molecule has 6 nitrogen and oxygen atoms in total. The molecular formula is C22H21FN4O2S. The van der Waals surface area contributed by atoms with Gasteiger partial charge in [0.05, 0.1) is 0 Å². The zero-order valence-electron chi connectivity index (χ0n) is 16.5. The predicted octanol–water partition coefficient (Wildman–Crippen LogP) is 4.26. The average Bonchev–Trinajstić information content (AvgIpc) is 3.26. The van der Waals surface area contributed by atoms with Crippen molar-refractivity contribution in [3.8, 4) is 0 Å². The monoisotopic (exact) mass is 424 g/mol. The Morgan fingerprint density at radius 1 is 1.10 bits per heavy atom. The lowest BCUT2D eigenvalue weighted by Crippen LogP contribution is -2.39. The third-order valence-electron chi connectivity index (χ3n) is 5.09. The summed E-state index contributed by atoms with van der Waals surface area (Å²) in [5, 5.41) is 11.9. The van der Waals surface area contributed by atoms with Crippen LogP contribution in [0.5, 0.6) is 0 Å². The van der Waals surface area contributed by atoms with Crippen molar-refractivity contribution in [2.45, 2.75) is 25.7 Å². The molecule has 0 bridgehead atoms. The minimum absolute atomic E-state index is 0.0125. The normalized spacial score (nSPS) is 16.3. The number of carbonyl (C=O) groups is 2. The topological polar surface area (TPSA) is 75.2 Å². The molecule has 8 heteroatoms. The highest BCUT2D eigenvalue weighted by molar-refractivity contribution is 7.13. The first-order chi connectivity index (χ1) is 14.5. The highest BCUT2D eigenvalue weighted by Crippen LogP contribution is 2.30. The zero-order valence-corrected chi connectivity index (χ0v) is 17.3. The van der Waals surface area contributed by atoms with E-state index in [4.69, 9.17) is 0 Å². The quantitative estimate of drug-likeness (QED) is 0.679. The molecule has 4 rings (SSSR count). The van der Waals surface area contributed by atoms with Gasteiger partial charge in [0.15, 0.2) is 0 Å². The van der Waals surface area contributed by atoms with Gasteiger partial charge in [0.25, 0.3) is 11.8 Å². The van der Waals surface area contributed by atoms with E-state index in [2.05, 4.69) is 15.5 Å². The molecule has 1 saturated heterocycles. The van der Waals surface area contributed by atoms with E-state index in [-0.39, 0.29) is 28.6 Å². The van der Waals surface area contributed by atoms with Gasteiger partial charge < -0.3 is 10.2 Å². The Kier molecular flexibility index (Phi) is 5.85.